The van der Waals surface area contributed by atoms with Gasteiger partial charge in [-0.05, 0) is 43.0 Å². The second kappa shape index (κ2) is 7.01. The van der Waals surface area contributed by atoms with Crippen LogP contribution in [-0.2, 0) is 4.79 Å². The van der Waals surface area contributed by atoms with E-state index in [4.69, 9.17) is 0 Å². The highest BCUT2D eigenvalue weighted by atomic mass is 19.1. The molecule has 0 radical (unpaired) electrons. The molecule has 0 unspecified atom stereocenters. The van der Waals surface area contributed by atoms with Gasteiger partial charge in [-0.3, -0.25) is 14.6 Å². The number of nitrogens with zero attached hydrogens (tertiary/aromatic N) is 2. The number of hydrogen-bond donors (Lipinski definition) is 1. The minimum atomic E-state index is -0.453. The summed E-state index contributed by atoms with van der Waals surface area (Å²) in [6.07, 6.45) is 3.63. The van der Waals surface area contributed by atoms with Crippen molar-refractivity contribution < 1.29 is 14.0 Å². The van der Waals surface area contributed by atoms with Gasteiger partial charge in [0.1, 0.15) is 5.82 Å². The molecular formula is C19H20FN3O2. The van der Waals surface area contributed by atoms with E-state index in [1.54, 1.807) is 31.3 Å². The van der Waals surface area contributed by atoms with Crippen LogP contribution in [0.3, 0.4) is 0 Å². The van der Waals surface area contributed by atoms with E-state index in [0.29, 0.717) is 35.0 Å². The number of nitrogens with one attached hydrogen (secondary N) is 1. The van der Waals surface area contributed by atoms with Crippen LogP contribution in [0.15, 0.2) is 36.5 Å². The molecule has 1 aliphatic rings. The Morgan fingerprint density at radius 1 is 1.28 bits per heavy atom. The number of hydrogen-bond acceptors (Lipinski definition) is 3. The minimum Gasteiger partial charge on any atom is -0.355 e. The molecule has 1 N–H and O–H groups in total. The van der Waals surface area contributed by atoms with Crippen LogP contribution in [0, 0.1) is 11.7 Å². The molecule has 0 aliphatic heterocycles. The molecule has 0 atom stereocenters. The predicted octanol–water partition coefficient (Wildman–Crippen LogP) is 3.01. The van der Waals surface area contributed by atoms with Crippen molar-refractivity contribution >= 4 is 17.5 Å². The quantitative estimate of drug-likeness (QED) is 0.909. The van der Waals surface area contributed by atoms with E-state index < -0.39 is 5.82 Å². The summed E-state index contributed by atoms with van der Waals surface area (Å²) in [7, 11) is 1.55. The molecule has 3 rings (SSSR count). The molecule has 1 aliphatic carbocycles. The van der Waals surface area contributed by atoms with Crippen LogP contribution in [0.4, 0.5) is 10.1 Å². The Morgan fingerprint density at radius 2 is 2.04 bits per heavy atom. The third-order valence-electron chi connectivity index (χ3n) is 4.30. The fourth-order valence-electron chi connectivity index (χ4n) is 2.68. The van der Waals surface area contributed by atoms with Gasteiger partial charge < -0.3 is 10.2 Å². The molecule has 5 nitrogen and oxygen atoms in total. The molecule has 1 fully saturated rings. The van der Waals surface area contributed by atoms with E-state index in [-0.39, 0.29) is 11.8 Å². The summed E-state index contributed by atoms with van der Waals surface area (Å²) < 4.78 is 14.6. The van der Waals surface area contributed by atoms with Crippen molar-refractivity contribution in [1.29, 1.82) is 0 Å². The van der Waals surface area contributed by atoms with Gasteiger partial charge in [0, 0.05) is 32.3 Å². The second-order valence-electron chi connectivity index (χ2n) is 6.25. The van der Waals surface area contributed by atoms with Crippen molar-refractivity contribution in [2.45, 2.75) is 19.8 Å². The molecule has 1 saturated carbocycles. The van der Waals surface area contributed by atoms with Gasteiger partial charge >= 0.3 is 0 Å². The molecule has 6 heteroatoms. The Kier molecular flexibility index (Phi) is 4.79. The summed E-state index contributed by atoms with van der Waals surface area (Å²) in [6, 6.07) is 8.04. The van der Waals surface area contributed by atoms with Crippen LogP contribution < -0.4 is 10.2 Å². The summed E-state index contributed by atoms with van der Waals surface area (Å²) in [5.41, 5.74) is 1.90. The smallest absolute Gasteiger partial charge is 0.252 e. The summed E-state index contributed by atoms with van der Waals surface area (Å²) >= 11 is 0. The maximum Gasteiger partial charge on any atom is 0.252 e. The lowest BCUT2D eigenvalue weighted by molar-refractivity contribution is -0.116. The first-order chi connectivity index (χ1) is 12.0. The van der Waals surface area contributed by atoms with E-state index in [1.165, 1.54) is 24.1 Å². The number of aromatic nitrogens is 1. The monoisotopic (exact) mass is 341 g/mol. The summed E-state index contributed by atoms with van der Waals surface area (Å²) in [6.45, 7) is 2.01. The van der Waals surface area contributed by atoms with Crippen LogP contribution >= 0.6 is 0 Å². The van der Waals surface area contributed by atoms with Gasteiger partial charge in [0.2, 0.25) is 5.91 Å². The fourth-order valence-corrected chi connectivity index (χ4v) is 2.68. The zero-order valence-corrected chi connectivity index (χ0v) is 14.3. The number of pyridine rings is 1. The SMILES string of the molecule is CNC(=O)c1ccc(-c2ccc(N(CC3CC3)C(C)=O)c(F)c2)nc1. The van der Waals surface area contributed by atoms with E-state index in [1.807, 2.05) is 0 Å². The first-order valence-corrected chi connectivity index (χ1v) is 8.25. The summed E-state index contributed by atoms with van der Waals surface area (Å²) in [4.78, 5) is 29.1. The van der Waals surface area contributed by atoms with Gasteiger partial charge in [0.05, 0.1) is 16.9 Å². The number of benzene rings is 1. The van der Waals surface area contributed by atoms with Gasteiger partial charge in [-0.25, -0.2) is 4.39 Å². The number of carbonyl (C=O) groups excluding carboxylic acids is 2. The van der Waals surface area contributed by atoms with Crippen molar-refractivity contribution in [1.82, 2.24) is 10.3 Å². The molecule has 0 spiro atoms. The highest BCUT2D eigenvalue weighted by Gasteiger charge is 2.27. The van der Waals surface area contributed by atoms with Gasteiger partial charge in [-0.2, -0.15) is 0 Å². The van der Waals surface area contributed by atoms with Gasteiger partial charge in [-0.1, -0.05) is 6.07 Å². The number of halogens is 1. The molecule has 0 saturated heterocycles. The predicted molar refractivity (Wildman–Crippen MR) is 93.8 cm³/mol. The fraction of sp³-hybridized carbons (Fsp3) is 0.316. The van der Waals surface area contributed by atoms with Gasteiger partial charge in [0.25, 0.3) is 5.91 Å². The molecule has 2 aromatic rings. The number of amides is 2. The lowest BCUT2D eigenvalue weighted by Gasteiger charge is -2.22. The molecule has 1 heterocycles. The number of anilines is 1. The third-order valence-corrected chi connectivity index (χ3v) is 4.30. The van der Waals surface area contributed by atoms with E-state index in [0.717, 1.165) is 12.8 Å². The molecule has 1 aromatic heterocycles. The van der Waals surface area contributed by atoms with E-state index >= 15 is 0 Å². The van der Waals surface area contributed by atoms with Crippen molar-refractivity contribution in [2.24, 2.45) is 5.92 Å². The molecular weight excluding hydrogens is 321 g/mol. The van der Waals surface area contributed by atoms with Gasteiger partial charge in [-0.15, -0.1) is 0 Å². The Labute approximate surface area is 145 Å². The number of rotatable bonds is 5. The highest BCUT2D eigenvalue weighted by Crippen LogP contribution is 2.33. The van der Waals surface area contributed by atoms with Crippen molar-refractivity contribution in [2.75, 3.05) is 18.5 Å². The molecule has 25 heavy (non-hydrogen) atoms. The zero-order chi connectivity index (χ0) is 18.0. The van der Waals surface area contributed by atoms with Crippen molar-refractivity contribution in [3.8, 4) is 11.3 Å². The standard InChI is InChI=1S/C19H20FN3O2/c1-12(24)23(11-13-3-4-13)18-8-6-14(9-16(18)20)17-7-5-15(10-22-17)19(25)21-2/h5-10,13H,3-4,11H2,1-2H3,(H,21,25). The average Bonchev–Trinajstić information content (AvgIpc) is 3.43. The van der Waals surface area contributed by atoms with Crippen LogP contribution in [0.5, 0.6) is 0 Å². The molecule has 2 amide bonds. The van der Waals surface area contributed by atoms with E-state index in [2.05, 4.69) is 10.3 Å². The van der Waals surface area contributed by atoms with Crippen LogP contribution in [-0.4, -0.2) is 30.4 Å². The minimum absolute atomic E-state index is 0.161. The summed E-state index contributed by atoms with van der Waals surface area (Å²) in [5, 5.41) is 2.52. The molecule has 130 valence electrons. The maximum atomic E-state index is 14.6. The van der Waals surface area contributed by atoms with Crippen LogP contribution in [0.25, 0.3) is 11.3 Å². The van der Waals surface area contributed by atoms with Crippen LogP contribution in [0.1, 0.15) is 30.1 Å². The lowest BCUT2D eigenvalue weighted by atomic mass is 10.1. The molecule has 1 aromatic carbocycles. The first-order valence-electron chi connectivity index (χ1n) is 8.25. The summed E-state index contributed by atoms with van der Waals surface area (Å²) in [5.74, 6) is -0.364. The van der Waals surface area contributed by atoms with E-state index in [9.17, 15) is 14.0 Å². The Morgan fingerprint density at radius 3 is 2.56 bits per heavy atom. The number of carbonyl (C=O) groups is 2. The Hall–Kier alpha value is -2.76. The second-order valence-corrected chi connectivity index (χ2v) is 6.25. The van der Waals surface area contributed by atoms with Gasteiger partial charge in [0.15, 0.2) is 0 Å². The Balaban J connectivity index is 1.85. The Bertz CT molecular complexity index is 801. The average molecular weight is 341 g/mol. The highest BCUT2D eigenvalue weighted by molar-refractivity contribution is 5.94. The maximum absolute atomic E-state index is 14.6. The lowest BCUT2D eigenvalue weighted by Crippen LogP contribution is -2.31. The molecule has 0 bridgehead atoms. The zero-order valence-electron chi connectivity index (χ0n) is 14.3. The normalized spacial score (nSPS) is 13.4. The van der Waals surface area contributed by atoms with Crippen LogP contribution in [0.2, 0.25) is 0 Å². The largest absolute Gasteiger partial charge is 0.355 e. The van der Waals surface area contributed by atoms with Crippen molar-refractivity contribution in [3.05, 3.63) is 47.9 Å². The first kappa shape index (κ1) is 17.1. The van der Waals surface area contributed by atoms with Crippen molar-refractivity contribution in [3.63, 3.8) is 0 Å². The third kappa shape index (κ3) is 3.84. The topological polar surface area (TPSA) is 62.3 Å².